The Morgan fingerprint density at radius 1 is 1.19 bits per heavy atom. The van der Waals surface area contributed by atoms with Crippen LogP contribution >= 0.6 is 11.8 Å². The topological polar surface area (TPSA) is 76.7 Å². The minimum atomic E-state index is -0.195. The third-order valence-corrected chi connectivity index (χ3v) is 5.42. The molecule has 2 aromatic carbocycles. The van der Waals surface area contributed by atoms with Crippen molar-refractivity contribution >= 4 is 29.3 Å². The number of rotatable bonds is 3. The smallest absolute Gasteiger partial charge is 0.251 e. The first-order chi connectivity index (χ1) is 12.6. The molecule has 2 aliphatic rings. The average molecular weight is 370 g/mol. The molecule has 1 atom stereocenters. The van der Waals surface area contributed by atoms with Gasteiger partial charge in [-0.05, 0) is 42.8 Å². The second-order valence-corrected chi connectivity index (χ2v) is 7.30. The maximum atomic E-state index is 12.6. The molecule has 134 valence electrons. The van der Waals surface area contributed by atoms with Crippen LogP contribution in [-0.2, 0) is 4.79 Å². The standard InChI is InChI=1S/C19H18N2O4S/c1-11(12-2-4-15-16(9-12)25-10-24-15)20-19(23)13-3-5-17-14(8-13)21-18(22)6-7-26-17/h2-5,8-9,11H,6-7,10H2,1H3,(H,20,23)(H,21,22). The Morgan fingerprint density at radius 2 is 2.04 bits per heavy atom. The summed E-state index contributed by atoms with van der Waals surface area (Å²) in [6, 6.07) is 10.8. The van der Waals surface area contributed by atoms with E-state index in [0.29, 0.717) is 29.2 Å². The van der Waals surface area contributed by atoms with E-state index in [1.54, 1.807) is 23.9 Å². The van der Waals surface area contributed by atoms with E-state index in [1.807, 2.05) is 31.2 Å². The van der Waals surface area contributed by atoms with Crippen molar-refractivity contribution < 1.29 is 19.1 Å². The van der Waals surface area contributed by atoms with Crippen LogP contribution in [0, 0.1) is 0 Å². The van der Waals surface area contributed by atoms with Crippen molar-refractivity contribution in [3.05, 3.63) is 47.5 Å². The summed E-state index contributed by atoms with van der Waals surface area (Å²) < 4.78 is 10.7. The molecule has 6 nitrogen and oxygen atoms in total. The Morgan fingerprint density at radius 3 is 2.92 bits per heavy atom. The second-order valence-electron chi connectivity index (χ2n) is 6.17. The molecule has 2 heterocycles. The lowest BCUT2D eigenvalue weighted by Crippen LogP contribution is -2.26. The lowest BCUT2D eigenvalue weighted by molar-refractivity contribution is -0.115. The fraction of sp³-hybridized carbons (Fsp3) is 0.263. The first-order valence-electron chi connectivity index (χ1n) is 8.37. The van der Waals surface area contributed by atoms with E-state index >= 15 is 0 Å². The Balaban J connectivity index is 1.50. The van der Waals surface area contributed by atoms with Gasteiger partial charge in [-0.3, -0.25) is 9.59 Å². The molecule has 0 fully saturated rings. The van der Waals surface area contributed by atoms with Gasteiger partial charge in [-0.2, -0.15) is 0 Å². The summed E-state index contributed by atoms with van der Waals surface area (Å²) in [4.78, 5) is 25.3. The SMILES string of the molecule is CC(NC(=O)c1ccc2c(c1)NC(=O)CCS2)c1ccc2c(c1)OCO2. The highest BCUT2D eigenvalue weighted by atomic mass is 32.2. The highest BCUT2D eigenvalue weighted by Crippen LogP contribution is 2.34. The number of nitrogens with one attached hydrogen (secondary N) is 2. The molecule has 0 aliphatic carbocycles. The van der Waals surface area contributed by atoms with Crippen LogP contribution in [0.1, 0.15) is 35.3 Å². The number of ether oxygens (including phenoxy) is 2. The monoisotopic (exact) mass is 370 g/mol. The summed E-state index contributed by atoms with van der Waals surface area (Å²) in [7, 11) is 0. The third-order valence-electron chi connectivity index (χ3n) is 4.35. The number of thioether (sulfide) groups is 1. The zero-order valence-corrected chi connectivity index (χ0v) is 15.0. The van der Waals surface area contributed by atoms with Crippen LogP contribution in [0.3, 0.4) is 0 Å². The van der Waals surface area contributed by atoms with Crippen molar-refractivity contribution in [3.63, 3.8) is 0 Å². The molecular formula is C19H18N2O4S. The van der Waals surface area contributed by atoms with Crippen LogP contribution in [0.15, 0.2) is 41.3 Å². The summed E-state index contributed by atoms with van der Waals surface area (Å²) >= 11 is 1.62. The third kappa shape index (κ3) is 3.35. The molecule has 2 aliphatic heterocycles. The summed E-state index contributed by atoms with van der Waals surface area (Å²) in [6.07, 6.45) is 0.474. The van der Waals surface area contributed by atoms with Gasteiger partial charge in [0.15, 0.2) is 11.5 Å². The Labute approximate surface area is 155 Å². The number of carbonyl (C=O) groups is 2. The van der Waals surface area contributed by atoms with Crippen LogP contribution in [0.5, 0.6) is 11.5 Å². The molecule has 4 rings (SSSR count). The molecule has 0 aromatic heterocycles. The Hall–Kier alpha value is -2.67. The molecule has 1 unspecified atom stereocenters. The van der Waals surface area contributed by atoms with Gasteiger partial charge in [-0.15, -0.1) is 11.8 Å². The predicted octanol–water partition coefficient (Wildman–Crippen LogP) is 3.34. The van der Waals surface area contributed by atoms with E-state index in [1.165, 1.54) is 0 Å². The van der Waals surface area contributed by atoms with Gasteiger partial charge in [0, 0.05) is 22.6 Å². The van der Waals surface area contributed by atoms with E-state index < -0.39 is 0 Å². The van der Waals surface area contributed by atoms with Gasteiger partial charge in [0.1, 0.15) is 0 Å². The highest BCUT2D eigenvalue weighted by Gasteiger charge is 2.19. The van der Waals surface area contributed by atoms with Crippen LogP contribution in [-0.4, -0.2) is 24.4 Å². The Kier molecular flexibility index (Phi) is 4.46. The van der Waals surface area contributed by atoms with Crippen LogP contribution in [0.25, 0.3) is 0 Å². The van der Waals surface area contributed by atoms with Crippen molar-refractivity contribution in [3.8, 4) is 11.5 Å². The summed E-state index contributed by atoms with van der Waals surface area (Å²) in [5.41, 5.74) is 2.14. The van der Waals surface area contributed by atoms with E-state index in [9.17, 15) is 9.59 Å². The van der Waals surface area contributed by atoms with Crippen LogP contribution in [0.2, 0.25) is 0 Å². The molecule has 0 saturated heterocycles. The van der Waals surface area contributed by atoms with Gasteiger partial charge in [0.2, 0.25) is 12.7 Å². The number of hydrogen-bond acceptors (Lipinski definition) is 5. The van der Waals surface area contributed by atoms with E-state index in [2.05, 4.69) is 10.6 Å². The first-order valence-corrected chi connectivity index (χ1v) is 9.36. The van der Waals surface area contributed by atoms with Crippen molar-refractivity contribution in [1.82, 2.24) is 5.32 Å². The minimum absolute atomic E-state index is 0.0254. The van der Waals surface area contributed by atoms with Crippen molar-refractivity contribution in [2.75, 3.05) is 17.9 Å². The number of fused-ring (bicyclic) bond motifs is 2. The van der Waals surface area contributed by atoms with E-state index in [-0.39, 0.29) is 24.6 Å². The second kappa shape index (κ2) is 6.92. The molecule has 7 heteroatoms. The molecule has 2 aromatic rings. The van der Waals surface area contributed by atoms with Crippen molar-refractivity contribution in [2.24, 2.45) is 0 Å². The quantitative estimate of drug-likeness (QED) is 0.867. The predicted molar refractivity (Wildman–Crippen MR) is 98.9 cm³/mol. The van der Waals surface area contributed by atoms with Crippen molar-refractivity contribution in [2.45, 2.75) is 24.3 Å². The maximum absolute atomic E-state index is 12.6. The lowest BCUT2D eigenvalue weighted by atomic mass is 10.1. The maximum Gasteiger partial charge on any atom is 0.251 e. The minimum Gasteiger partial charge on any atom is -0.454 e. The highest BCUT2D eigenvalue weighted by molar-refractivity contribution is 7.99. The fourth-order valence-corrected chi connectivity index (χ4v) is 3.84. The normalized spacial score (nSPS) is 16.3. The van der Waals surface area contributed by atoms with Crippen LogP contribution in [0.4, 0.5) is 5.69 Å². The molecule has 2 amide bonds. The number of benzene rings is 2. The summed E-state index contributed by atoms with van der Waals surface area (Å²) in [5, 5.41) is 5.84. The number of carbonyl (C=O) groups excluding carboxylic acids is 2. The summed E-state index contributed by atoms with van der Waals surface area (Å²) in [5.74, 6) is 1.93. The van der Waals surface area contributed by atoms with E-state index in [0.717, 1.165) is 16.2 Å². The molecule has 0 bridgehead atoms. The molecule has 0 radical (unpaired) electrons. The van der Waals surface area contributed by atoms with Crippen molar-refractivity contribution in [1.29, 1.82) is 0 Å². The Bertz CT molecular complexity index is 884. The van der Waals surface area contributed by atoms with Crippen LogP contribution < -0.4 is 20.1 Å². The van der Waals surface area contributed by atoms with Gasteiger partial charge < -0.3 is 20.1 Å². The van der Waals surface area contributed by atoms with Gasteiger partial charge in [-0.25, -0.2) is 0 Å². The van der Waals surface area contributed by atoms with Gasteiger partial charge in [0.25, 0.3) is 5.91 Å². The molecule has 0 saturated carbocycles. The average Bonchev–Trinajstić information content (AvgIpc) is 3.02. The number of anilines is 1. The molecule has 0 spiro atoms. The zero-order chi connectivity index (χ0) is 18.1. The van der Waals surface area contributed by atoms with E-state index in [4.69, 9.17) is 9.47 Å². The molecular weight excluding hydrogens is 352 g/mol. The first kappa shape index (κ1) is 16.8. The zero-order valence-electron chi connectivity index (χ0n) is 14.2. The molecule has 26 heavy (non-hydrogen) atoms. The van der Waals surface area contributed by atoms with Gasteiger partial charge in [-0.1, -0.05) is 6.07 Å². The largest absolute Gasteiger partial charge is 0.454 e. The van der Waals surface area contributed by atoms with Gasteiger partial charge in [0.05, 0.1) is 11.7 Å². The summed E-state index contributed by atoms with van der Waals surface area (Å²) in [6.45, 7) is 2.13. The fourth-order valence-electron chi connectivity index (χ4n) is 2.91. The van der Waals surface area contributed by atoms with Gasteiger partial charge >= 0.3 is 0 Å². The number of amides is 2. The number of hydrogen-bond donors (Lipinski definition) is 2. The molecule has 2 N–H and O–H groups in total. The lowest BCUT2D eigenvalue weighted by Gasteiger charge is -2.16.